The molecular weight excluding hydrogens is 492 g/mol. The molecule has 0 saturated heterocycles. The van der Waals surface area contributed by atoms with Crippen LogP contribution in [0.3, 0.4) is 0 Å². The second-order valence-corrected chi connectivity index (χ2v) is 14.8. The van der Waals surface area contributed by atoms with Gasteiger partial charge in [0.25, 0.3) is 11.9 Å². The van der Waals surface area contributed by atoms with Crippen molar-refractivity contribution in [3.05, 3.63) is 35.6 Å². The monoisotopic (exact) mass is 528 g/mol. The first kappa shape index (κ1) is 27.9. The summed E-state index contributed by atoms with van der Waals surface area (Å²) in [7, 11) is 5.31. The lowest BCUT2D eigenvalue weighted by atomic mass is 10.3. The number of nitrogens with one attached hydrogen (secondary N) is 2. The largest absolute Gasteiger partial charge is 0.479 e. The number of hydrogen-bond donors (Lipinski definition) is 2. The number of anilines is 2. The van der Waals surface area contributed by atoms with Gasteiger partial charge in [0.2, 0.25) is 23.6 Å². The molecule has 12 heteroatoms. The Hall–Kier alpha value is -3.64. The van der Waals surface area contributed by atoms with Crippen LogP contribution >= 0.6 is 0 Å². The first-order valence-electron chi connectivity index (χ1n) is 12.0. The summed E-state index contributed by atoms with van der Waals surface area (Å²) in [5.41, 5.74) is 1.06. The van der Waals surface area contributed by atoms with Crippen LogP contribution in [-0.4, -0.2) is 75.2 Å². The second-order valence-electron chi connectivity index (χ2n) is 9.77. The predicted molar refractivity (Wildman–Crippen MR) is 145 cm³/mol. The summed E-state index contributed by atoms with van der Waals surface area (Å²) in [6, 6.07) is 7.10. The van der Waals surface area contributed by atoms with Crippen LogP contribution in [0.4, 0.5) is 11.6 Å². The molecule has 1 amide bonds. The number of hydrogen-bond acceptors (Lipinski definition) is 10. The normalized spacial score (nSPS) is 11.4. The first-order valence-corrected chi connectivity index (χ1v) is 15.5. The molecule has 0 bridgehead atoms. The molecule has 0 saturated carbocycles. The number of ether oxygens (including phenoxy) is 3. The molecule has 3 aromatic heterocycles. The zero-order chi connectivity index (χ0) is 27.2. The third-order valence-electron chi connectivity index (χ3n) is 5.35. The van der Waals surface area contributed by atoms with Crippen molar-refractivity contribution < 1.29 is 23.4 Å². The highest BCUT2D eigenvalue weighted by Crippen LogP contribution is 2.33. The van der Waals surface area contributed by atoms with Gasteiger partial charge in [-0.25, -0.2) is 4.98 Å². The Labute approximate surface area is 218 Å². The fourth-order valence-corrected chi connectivity index (χ4v) is 4.32. The number of rotatable bonds is 12. The molecule has 0 aliphatic rings. The van der Waals surface area contributed by atoms with Crippen molar-refractivity contribution in [3.63, 3.8) is 0 Å². The standard InChI is InChI=1S/C25H36N6O5Si/c1-16-10-12-18(37(6,7)8)27-22(16)36-19-13-11-17(35-19)21(32)28-20-23(33-4)29-25(30-24(20)34-5)26-14-9-15-31(2)3/h10-13H,9,14-15H2,1-8H3,(H,28,32)(H,26,29,30). The summed E-state index contributed by atoms with van der Waals surface area (Å²) in [4.78, 5) is 28.4. The van der Waals surface area contributed by atoms with Crippen LogP contribution in [0.5, 0.6) is 23.6 Å². The van der Waals surface area contributed by atoms with Gasteiger partial charge in [-0.1, -0.05) is 25.7 Å². The van der Waals surface area contributed by atoms with Gasteiger partial charge in [-0.2, -0.15) is 9.97 Å². The van der Waals surface area contributed by atoms with E-state index < -0.39 is 14.0 Å². The van der Waals surface area contributed by atoms with Gasteiger partial charge in [0.15, 0.2) is 11.4 Å². The van der Waals surface area contributed by atoms with Crippen molar-refractivity contribution in [2.24, 2.45) is 0 Å². The van der Waals surface area contributed by atoms with E-state index in [-0.39, 0.29) is 29.2 Å². The molecule has 0 spiro atoms. The molecule has 37 heavy (non-hydrogen) atoms. The molecule has 200 valence electrons. The highest BCUT2D eigenvalue weighted by Gasteiger charge is 2.23. The number of nitrogens with zero attached hydrogens (tertiary/aromatic N) is 4. The summed E-state index contributed by atoms with van der Waals surface area (Å²) in [5, 5.41) is 6.88. The Kier molecular flexibility index (Phi) is 9.11. The van der Waals surface area contributed by atoms with Crippen molar-refractivity contribution in [1.82, 2.24) is 19.9 Å². The molecule has 0 unspecified atom stereocenters. The third kappa shape index (κ3) is 7.43. The van der Waals surface area contributed by atoms with E-state index in [0.29, 0.717) is 18.4 Å². The smallest absolute Gasteiger partial charge is 0.291 e. The van der Waals surface area contributed by atoms with Crippen molar-refractivity contribution in [3.8, 4) is 23.6 Å². The maximum Gasteiger partial charge on any atom is 0.291 e. The van der Waals surface area contributed by atoms with Gasteiger partial charge < -0.3 is 34.2 Å². The van der Waals surface area contributed by atoms with Gasteiger partial charge in [0.1, 0.15) is 8.07 Å². The molecule has 0 atom stereocenters. The molecule has 0 aliphatic carbocycles. The molecule has 0 aliphatic heterocycles. The van der Waals surface area contributed by atoms with Crippen LogP contribution in [0.1, 0.15) is 22.5 Å². The van der Waals surface area contributed by atoms with Crippen LogP contribution in [0, 0.1) is 6.92 Å². The van der Waals surface area contributed by atoms with Crippen LogP contribution in [0.15, 0.2) is 28.7 Å². The third-order valence-corrected chi connectivity index (χ3v) is 7.17. The van der Waals surface area contributed by atoms with E-state index in [9.17, 15) is 4.79 Å². The minimum atomic E-state index is -1.63. The van der Waals surface area contributed by atoms with Crippen molar-refractivity contribution in [2.75, 3.05) is 52.0 Å². The number of furan rings is 1. The van der Waals surface area contributed by atoms with E-state index in [0.717, 1.165) is 23.8 Å². The number of carbonyl (C=O) groups is 1. The molecule has 3 aromatic rings. The van der Waals surface area contributed by atoms with Gasteiger partial charge >= 0.3 is 0 Å². The Morgan fingerprint density at radius 3 is 2.27 bits per heavy atom. The fourth-order valence-electron chi connectivity index (χ4n) is 3.30. The summed E-state index contributed by atoms with van der Waals surface area (Å²) >= 11 is 0. The Morgan fingerprint density at radius 2 is 1.68 bits per heavy atom. The number of carbonyl (C=O) groups excluding carboxylic acids is 1. The Morgan fingerprint density at radius 1 is 1.00 bits per heavy atom. The zero-order valence-electron chi connectivity index (χ0n) is 22.8. The topological polar surface area (TPSA) is 124 Å². The minimum Gasteiger partial charge on any atom is -0.479 e. The second kappa shape index (κ2) is 12.1. The highest BCUT2D eigenvalue weighted by molar-refractivity contribution is 6.88. The molecule has 2 N–H and O–H groups in total. The summed E-state index contributed by atoms with van der Waals surface area (Å²) in [6.45, 7) is 10.1. The lowest BCUT2D eigenvalue weighted by Gasteiger charge is -2.16. The Balaban J connectivity index is 1.74. The quantitative estimate of drug-likeness (QED) is 0.265. The number of aryl methyl sites for hydroxylation is 1. The van der Waals surface area contributed by atoms with E-state index in [4.69, 9.17) is 18.6 Å². The maximum absolute atomic E-state index is 13.0. The molecule has 0 aromatic carbocycles. The molecule has 0 fully saturated rings. The molecule has 3 heterocycles. The van der Waals surface area contributed by atoms with Crippen LogP contribution in [-0.2, 0) is 0 Å². The van der Waals surface area contributed by atoms with E-state index in [1.165, 1.54) is 20.3 Å². The van der Waals surface area contributed by atoms with Gasteiger partial charge in [-0.15, -0.1) is 0 Å². The van der Waals surface area contributed by atoms with Crippen LogP contribution in [0.2, 0.25) is 19.6 Å². The summed E-state index contributed by atoms with van der Waals surface area (Å²) < 4.78 is 22.3. The van der Waals surface area contributed by atoms with Gasteiger partial charge in [0.05, 0.1) is 14.2 Å². The number of methoxy groups -OCH3 is 2. The van der Waals surface area contributed by atoms with Crippen molar-refractivity contribution in [1.29, 1.82) is 0 Å². The van der Waals surface area contributed by atoms with Crippen molar-refractivity contribution in [2.45, 2.75) is 33.0 Å². The van der Waals surface area contributed by atoms with E-state index in [1.54, 1.807) is 6.07 Å². The number of amides is 1. The molecule has 11 nitrogen and oxygen atoms in total. The lowest BCUT2D eigenvalue weighted by Crippen LogP contribution is -2.40. The number of aromatic nitrogens is 3. The average molecular weight is 529 g/mol. The lowest BCUT2D eigenvalue weighted by molar-refractivity contribution is 0.0990. The van der Waals surface area contributed by atoms with Gasteiger partial charge in [-0.3, -0.25) is 4.79 Å². The van der Waals surface area contributed by atoms with Crippen LogP contribution in [0.25, 0.3) is 0 Å². The van der Waals surface area contributed by atoms with Gasteiger partial charge in [-0.05, 0) is 46.1 Å². The maximum atomic E-state index is 13.0. The van der Waals surface area contributed by atoms with Gasteiger partial charge in [0, 0.05) is 23.5 Å². The molecular formula is C25H36N6O5Si. The molecule has 3 rings (SSSR count). The van der Waals surface area contributed by atoms with E-state index >= 15 is 0 Å². The number of pyridine rings is 1. The minimum absolute atomic E-state index is 0.0315. The first-order chi connectivity index (χ1) is 17.5. The zero-order valence-corrected chi connectivity index (χ0v) is 23.8. The van der Waals surface area contributed by atoms with Crippen molar-refractivity contribution >= 4 is 30.9 Å². The summed E-state index contributed by atoms with van der Waals surface area (Å²) in [6.07, 6.45) is 0.903. The highest BCUT2D eigenvalue weighted by atomic mass is 28.3. The summed E-state index contributed by atoms with van der Waals surface area (Å²) in [5.74, 6) is 0.740. The predicted octanol–water partition coefficient (Wildman–Crippen LogP) is 3.74. The SMILES string of the molecule is COc1nc(NCCCN(C)C)nc(OC)c1NC(=O)c1ccc(Oc2nc([Si](C)(C)C)ccc2C)o1. The van der Waals surface area contributed by atoms with E-state index in [2.05, 4.69) is 50.1 Å². The Bertz CT molecular complexity index is 1200. The average Bonchev–Trinajstić information content (AvgIpc) is 3.31. The fraction of sp³-hybridized carbons (Fsp3) is 0.440. The molecule has 0 radical (unpaired) electrons. The van der Waals surface area contributed by atoms with E-state index in [1.807, 2.05) is 33.2 Å². The van der Waals surface area contributed by atoms with Crippen LogP contribution < -0.4 is 30.2 Å².